The van der Waals surface area contributed by atoms with Crippen molar-refractivity contribution in [1.82, 2.24) is 4.98 Å². The molecule has 1 heterocycles. The van der Waals surface area contributed by atoms with Crippen molar-refractivity contribution in [2.24, 2.45) is 5.73 Å². The zero-order valence-electron chi connectivity index (χ0n) is 11.1. The van der Waals surface area contributed by atoms with Crippen molar-refractivity contribution in [1.29, 1.82) is 0 Å². The third-order valence-corrected chi connectivity index (χ3v) is 4.07. The molecule has 3 nitrogen and oxygen atoms in total. The van der Waals surface area contributed by atoms with E-state index in [1.165, 1.54) is 0 Å². The fourth-order valence-electron chi connectivity index (χ4n) is 1.97. The lowest BCUT2D eigenvalue weighted by atomic mass is 10.2. The van der Waals surface area contributed by atoms with Gasteiger partial charge in [-0.3, -0.25) is 0 Å². The molecule has 0 aliphatic carbocycles. The van der Waals surface area contributed by atoms with Crippen molar-refractivity contribution < 1.29 is 4.74 Å². The number of ether oxygens (including phenoxy) is 1. The number of hydrogen-bond donors (Lipinski definition) is 1. The molecule has 2 aromatic carbocycles. The molecule has 0 fully saturated rings. The molecule has 102 valence electrons. The second kappa shape index (κ2) is 6.03. The third kappa shape index (κ3) is 2.81. The minimum atomic E-state index is 0.654. The van der Waals surface area contributed by atoms with Crippen molar-refractivity contribution in [2.45, 2.75) is 6.42 Å². The Hall–Kier alpha value is -1.91. The summed E-state index contributed by atoms with van der Waals surface area (Å²) in [5, 5.41) is 1.04. The van der Waals surface area contributed by atoms with Crippen LogP contribution in [0.15, 0.2) is 48.5 Å². The highest BCUT2D eigenvalue weighted by molar-refractivity contribution is 7.21. The van der Waals surface area contributed by atoms with Gasteiger partial charge in [-0.2, -0.15) is 0 Å². The molecule has 0 amide bonds. The average Bonchev–Trinajstić information content (AvgIpc) is 2.92. The Balaban J connectivity index is 1.88. The first kappa shape index (κ1) is 13.1. The van der Waals surface area contributed by atoms with Crippen LogP contribution in [0.3, 0.4) is 0 Å². The average molecular weight is 284 g/mol. The smallest absolute Gasteiger partial charge is 0.124 e. The molecular weight excluding hydrogens is 268 g/mol. The lowest BCUT2D eigenvalue weighted by molar-refractivity contribution is 0.314. The standard InChI is InChI=1S/C16H16N2OS/c17-9-4-10-19-13-7-8-14-15(11-13)20-16(18-14)12-5-2-1-3-6-12/h1-3,5-8,11H,4,9-10,17H2. The van der Waals surface area contributed by atoms with Crippen LogP contribution in [-0.2, 0) is 0 Å². The maximum Gasteiger partial charge on any atom is 0.124 e. The van der Waals surface area contributed by atoms with E-state index in [1.54, 1.807) is 11.3 Å². The lowest BCUT2D eigenvalue weighted by Gasteiger charge is -2.04. The predicted molar refractivity (Wildman–Crippen MR) is 84.2 cm³/mol. The first-order valence-corrected chi connectivity index (χ1v) is 7.47. The summed E-state index contributed by atoms with van der Waals surface area (Å²) >= 11 is 1.69. The Morgan fingerprint density at radius 2 is 1.95 bits per heavy atom. The van der Waals surface area contributed by atoms with E-state index < -0.39 is 0 Å². The highest BCUT2D eigenvalue weighted by Crippen LogP contribution is 2.32. The van der Waals surface area contributed by atoms with Gasteiger partial charge in [0.1, 0.15) is 10.8 Å². The van der Waals surface area contributed by atoms with Crippen LogP contribution in [0.1, 0.15) is 6.42 Å². The number of aromatic nitrogens is 1. The number of hydrogen-bond acceptors (Lipinski definition) is 4. The lowest BCUT2D eigenvalue weighted by Crippen LogP contribution is -2.05. The summed E-state index contributed by atoms with van der Waals surface area (Å²) in [6.45, 7) is 1.31. The summed E-state index contributed by atoms with van der Waals surface area (Å²) in [5.74, 6) is 0.884. The maximum atomic E-state index is 5.67. The molecule has 20 heavy (non-hydrogen) atoms. The van der Waals surface area contributed by atoms with Gasteiger partial charge in [0, 0.05) is 5.56 Å². The zero-order valence-corrected chi connectivity index (χ0v) is 11.9. The van der Waals surface area contributed by atoms with Crippen LogP contribution >= 0.6 is 11.3 Å². The molecule has 0 radical (unpaired) electrons. The van der Waals surface area contributed by atoms with Crippen LogP contribution in [-0.4, -0.2) is 18.1 Å². The molecule has 0 unspecified atom stereocenters. The molecule has 0 saturated heterocycles. The second-order valence-corrected chi connectivity index (χ2v) is 5.54. The van der Waals surface area contributed by atoms with Crippen LogP contribution in [0.5, 0.6) is 5.75 Å². The van der Waals surface area contributed by atoms with E-state index in [4.69, 9.17) is 10.5 Å². The van der Waals surface area contributed by atoms with Gasteiger partial charge in [0.2, 0.25) is 0 Å². The highest BCUT2D eigenvalue weighted by Gasteiger charge is 2.06. The number of rotatable bonds is 5. The SMILES string of the molecule is NCCCOc1ccc2nc(-c3ccccc3)sc2c1. The van der Waals surface area contributed by atoms with Gasteiger partial charge >= 0.3 is 0 Å². The first-order valence-electron chi connectivity index (χ1n) is 6.66. The number of nitrogens with zero attached hydrogens (tertiary/aromatic N) is 1. The fraction of sp³-hybridized carbons (Fsp3) is 0.188. The van der Waals surface area contributed by atoms with Gasteiger partial charge in [-0.25, -0.2) is 4.98 Å². The normalized spacial score (nSPS) is 10.8. The molecule has 0 atom stereocenters. The summed E-state index contributed by atoms with van der Waals surface area (Å²) in [7, 11) is 0. The predicted octanol–water partition coefficient (Wildman–Crippen LogP) is 3.69. The Morgan fingerprint density at radius 1 is 1.10 bits per heavy atom. The number of nitrogens with two attached hydrogens (primary N) is 1. The number of thiazole rings is 1. The minimum absolute atomic E-state index is 0.654. The Bertz CT molecular complexity index is 694. The molecule has 4 heteroatoms. The molecule has 0 aliphatic rings. The highest BCUT2D eigenvalue weighted by atomic mass is 32.1. The molecule has 3 aromatic rings. The fourth-order valence-corrected chi connectivity index (χ4v) is 2.97. The van der Waals surface area contributed by atoms with Crippen molar-refractivity contribution >= 4 is 21.6 Å². The van der Waals surface area contributed by atoms with Gasteiger partial charge in [0.15, 0.2) is 0 Å². The molecule has 1 aromatic heterocycles. The van der Waals surface area contributed by atoms with Crippen LogP contribution in [0.25, 0.3) is 20.8 Å². The second-order valence-electron chi connectivity index (χ2n) is 4.51. The van der Waals surface area contributed by atoms with Crippen molar-refractivity contribution in [3.63, 3.8) is 0 Å². The molecule has 2 N–H and O–H groups in total. The Labute approximate surface area is 122 Å². The van der Waals surface area contributed by atoms with Crippen LogP contribution < -0.4 is 10.5 Å². The van der Waals surface area contributed by atoms with Gasteiger partial charge in [0.25, 0.3) is 0 Å². The molecule has 0 aliphatic heterocycles. The number of benzene rings is 2. The molecule has 0 saturated carbocycles. The van der Waals surface area contributed by atoms with E-state index in [2.05, 4.69) is 23.2 Å². The van der Waals surface area contributed by atoms with Crippen molar-refractivity contribution in [2.75, 3.05) is 13.2 Å². The monoisotopic (exact) mass is 284 g/mol. The van der Waals surface area contributed by atoms with E-state index in [0.29, 0.717) is 13.2 Å². The van der Waals surface area contributed by atoms with Crippen LogP contribution in [0.2, 0.25) is 0 Å². The zero-order chi connectivity index (χ0) is 13.8. The number of fused-ring (bicyclic) bond motifs is 1. The van der Waals surface area contributed by atoms with E-state index >= 15 is 0 Å². The van der Waals surface area contributed by atoms with Crippen molar-refractivity contribution in [3.8, 4) is 16.3 Å². The minimum Gasteiger partial charge on any atom is -0.493 e. The van der Waals surface area contributed by atoms with Gasteiger partial charge in [-0.1, -0.05) is 30.3 Å². The van der Waals surface area contributed by atoms with Crippen LogP contribution in [0, 0.1) is 0 Å². The maximum absolute atomic E-state index is 5.67. The van der Waals surface area contributed by atoms with Crippen molar-refractivity contribution in [3.05, 3.63) is 48.5 Å². The summed E-state index contributed by atoms with van der Waals surface area (Å²) < 4.78 is 6.82. The molecular formula is C16H16N2OS. The third-order valence-electron chi connectivity index (χ3n) is 3.00. The molecule has 3 rings (SSSR count). The summed E-state index contributed by atoms with van der Waals surface area (Å²) in [6.07, 6.45) is 0.871. The Morgan fingerprint density at radius 3 is 2.75 bits per heavy atom. The van der Waals surface area contributed by atoms with E-state index in [-0.39, 0.29) is 0 Å². The van der Waals surface area contributed by atoms with Gasteiger partial charge < -0.3 is 10.5 Å². The largest absolute Gasteiger partial charge is 0.493 e. The van der Waals surface area contributed by atoms with E-state index in [0.717, 1.165) is 33.0 Å². The summed E-state index contributed by atoms with van der Waals surface area (Å²) in [6, 6.07) is 16.3. The van der Waals surface area contributed by atoms with E-state index in [9.17, 15) is 0 Å². The van der Waals surface area contributed by atoms with E-state index in [1.807, 2.05) is 30.3 Å². The quantitative estimate of drug-likeness (QED) is 0.727. The summed E-state index contributed by atoms with van der Waals surface area (Å²) in [4.78, 5) is 4.66. The van der Waals surface area contributed by atoms with Gasteiger partial charge in [-0.15, -0.1) is 11.3 Å². The Kier molecular flexibility index (Phi) is 3.95. The van der Waals surface area contributed by atoms with Gasteiger partial charge in [-0.05, 0) is 31.2 Å². The molecule has 0 bridgehead atoms. The molecule has 0 spiro atoms. The first-order chi connectivity index (χ1) is 9.86. The van der Waals surface area contributed by atoms with Gasteiger partial charge in [0.05, 0.1) is 16.8 Å². The topological polar surface area (TPSA) is 48.1 Å². The van der Waals surface area contributed by atoms with Crippen LogP contribution in [0.4, 0.5) is 0 Å². The summed E-state index contributed by atoms with van der Waals surface area (Å²) in [5.41, 5.74) is 7.63.